The molecular weight excluding hydrogens is 240 g/mol. The van der Waals surface area contributed by atoms with E-state index in [2.05, 4.69) is 9.97 Å². The lowest BCUT2D eigenvalue weighted by Gasteiger charge is -2.65. The van der Waals surface area contributed by atoms with Gasteiger partial charge in [-0.15, -0.1) is 0 Å². The summed E-state index contributed by atoms with van der Waals surface area (Å²) in [6.45, 7) is 0. The second-order valence-electron chi connectivity index (χ2n) is 5.19. The molecule has 3 aliphatic carbocycles. The summed E-state index contributed by atoms with van der Waals surface area (Å²) in [5, 5.41) is 0. The molecule has 0 N–H and O–H groups in total. The third-order valence-electron chi connectivity index (χ3n) is 4.14. The van der Waals surface area contributed by atoms with Crippen molar-refractivity contribution in [1.82, 2.24) is 14.9 Å². The van der Waals surface area contributed by atoms with Crippen LogP contribution in [0.2, 0.25) is 0 Å². The molecule has 4 nitrogen and oxygen atoms in total. The van der Waals surface area contributed by atoms with E-state index in [0.717, 1.165) is 37.6 Å². The maximum Gasteiger partial charge on any atom is 0.281 e. The first-order chi connectivity index (χ1) is 8.52. The summed E-state index contributed by atoms with van der Waals surface area (Å²) in [5.41, 5.74) is -0.267. The number of carbonyl (C=O) groups excluding carboxylic acids is 1. The smallest absolute Gasteiger partial charge is 0.281 e. The van der Waals surface area contributed by atoms with Crippen molar-refractivity contribution in [3.05, 3.63) is 23.8 Å². The quantitative estimate of drug-likeness (QED) is 0.828. The predicted octanol–water partition coefficient (Wildman–Crippen LogP) is 2.04. The lowest BCUT2D eigenvalue weighted by Crippen LogP contribution is -2.68. The standard InChI is InChI=1S/C12H13F2N3O/c1-17(12-2-7(3-12)4-12)11(18)9-6-15-8(5-16-9)10(13)14/h5-7,10H,2-4H2,1H3. The van der Waals surface area contributed by atoms with Gasteiger partial charge in [-0.3, -0.25) is 9.78 Å². The molecule has 0 aliphatic heterocycles. The van der Waals surface area contributed by atoms with E-state index in [4.69, 9.17) is 0 Å². The SMILES string of the molecule is CN(C(=O)c1cnc(C(F)F)cn1)C12CC(C1)C2. The number of amides is 1. The van der Waals surface area contributed by atoms with Gasteiger partial charge in [0.05, 0.1) is 12.4 Å². The summed E-state index contributed by atoms with van der Waals surface area (Å²) >= 11 is 0. The largest absolute Gasteiger partial charge is 0.335 e. The number of nitrogens with zero attached hydrogens (tertiary/aromatic N) is 3. The first kappa shape index (κ1) is 11.5. The van der Waals surface area contributed by atoms with Crippen molar-refractivity contribution in [2.45, 2.75) is 31.2 Å². The molecule has 0 radical (unpaired) electrons. The van der Waals surface area contributed by atoms with Crippen LogP contribution in [0.1, 0.15) is 41.9 Å². The Bertz CT molecular complexity index is 472. The molecule has 1 amide bonds. The molecule has 2 bridgehead atoms. The molecule has 4 rings (SSSR count). The van der Waals surface area contributed by atoms with Crippen molar-refractivity contribution in [2.75, 3.05) is 7.05 Å². The first-order valence-corrected chi connectivity index (χ1v) is 5.90. The molecule has 18 heavy (non-hydrogen) atoms. The highest BCUT2D eigenvalue weighted by molar-refractivity contribution is 5.92. The average molecular weight is 253 g/mol. The predicted molar refractivity (Wildman–Crippen MR) is 59.2 cm³/mol. The minimum Gasteiger partial charge on any atom is -0.335 e. The third kappa shape index (κ3) is 1.51. The Hall–Kier alpha value is -1.59. The number of halogens is 2. The summed E-state index contributed by atoms with van der Waals surface area (Å²) in [6.07, 6.45) is 2.60. The Morgan fingerprint density at radius 1 is 1.39 bits per heavy atom. The van der Waals surface area contributed by atoms with Gasteiger partial charge in [0, 0.05) is 12.6 Å². The van der Waals surface area contributed by atoms with Crippen molar-refractivity contribution in [3.8, 4) is 0 Å². The van der Waals surface area contributed by atoms with Crippen LogP contribution in [0.4, 0.5) is 8.78 Å². The molecule has 0 atom stereocenters. The first-order valence-electron chi connectivity index (χ1n) is 5.90. The van der Waals surface area contributed by atoms with E-state index in [0.29, 0.717) is 0 Å². The van der Waals surface area contributed by atoms with Crippen LogP contribution >= 0.6 is 0 Å². The normalized spacial score (nSPS) is 28.6. The Morgan fingerprint density at radius 3 is 2.44 bits per heavy atom. The summed E-state index contributed by atoms with van der Waals surface area (Å²) in [4.78, 5) is 21.2. The summed E-state index contributed by atoms with van der Waals surface area (Å²) in [6, 6.07) is 0. The van der Waals surface area contributed by atoms with Gasteiger partial charge < -0.3 is 4.90 Å². The zero-order valence-electron chi connectivity index (χ0n) is 9.94. The monoisotopic (exact) mass is 253 g/mol. The highest BCUT2D eigenvalue weighted by atomic mass is 19.3. The summed E-state index contributed by atoms with van der Waals surface area (Å²) < 4.78 is 24.6. The maximum atomic E-state index is 12.3. The van der Waals surface area contributed by atoms with Crippen molar-refractivity contribution >= 4 is 5.91 Å². The fourth-order valence-electron chi connectivity index (χ4n) is 2.79. The number of hydrogen-bond donors (Lipinski definition) is 0. The van der Waals surface area contributed by atoms with Gasteiger partial charge >= 0.3 is 0 Å². The van der Waals surface area contributed by atoms with E-state index in [1.54, 1.807) is 11.9 Å². The zero-order chi connectivity index (χ0) is 12.9. The molecule has 1 aromatic heterocycles. The highest BCUT2D eigenvalue weighted by Crippen LogP contribution is 2.60. The van der Waals surface area contributed by atoms with Crippen LogP contribution in [-0.2, 0) is 0 Å². The van der Waals surface area contributed by atoms with Gasteiger partial charge in [-0.2, -0.15) is 0 Å². The van der Waals surface area contributed by atoms with E-state index in [9.17, 15) is 13.6 Å². The van der Waals surface area contributed by atoms with Gasteiger partial charge in [0.25, 0.3) is 12.3 Å². The lowest BCUT2D eigenvalue weighted by atomic mass is 9.49. The van der Waals surface area contributed by atoms with Crippen LogP contribution < -0.4 is 0 Å². The number of rotatable bonds is 3. The third-order valence-corrected chi connectivity index (χ3v) is 4.14. The summed E-state index contributed by atoms with van der Waals surface area (Å²) in [5.74, 6) is 0.536. The maximum absolute atomic E-state index is 12.3. The van der Waals surface area contributed by atoms with Crippen molar-refractivity contribution in [3.63, 3.8) is 0 Å². The molecule has 1 aromatic rings. The number of carbonyl (C=O) groups is 1. The van der Waals surface area contributed by atoms with Crippen molar-refractivity contribution in [1.29, 1.82) is 0 Å². The van der Waals surface area contributed by atoms with Crippen LogP contribution in [0.5, 0.6) is 0 Å². The number of alkyl halides is 2. The molecule has 1 heterocycles. The highest BCUT2D eigenvalue weighted by Gasteiger charge is 2.60. The fraction of sp³-hybridized carbons (Fsp3) is 0.583. The van der Waals surface area contributed by atoms with Gasteiger partial charge in [0.2, 0.25) is 0 Å². The second kappa shape index (κ2) is 3.70. The van der Waals surface area contributed by atoms with Gasteiger partial charge in [-0.05, 0) is 25.2 Å². The Balaban J connectivity index is 1.75. The molecule has 96 valence electrons. The minimum absolute atomic E-state index is 0.00478. The van der Waals surface area contributed by atoms with Crippen LogP contribution in [0, 0.1) is 5.92 Å². The minimum atomic E-state index is -2.66. The van der Waals surface area contributed by atoms with Gasteiger partial charge in [-0.25, -0.2) is 13.8 Å². The van der Waals surface area contributed by atoms with E-state index in [1.807, 2.05) is 0 Å². The zero-order valence-corrected chi connectivity index (χ0v) is 9.94. The number of hydrogen-bond acceptors (Lipinski definition) is 3. The molecule has 0 unspecified atom stereocenters. The topological polar surface area (TPSA) is 46.1 Å². The van der Waals surface area contributed by atoms with Crippen LogP contribution in [0.15, 0.2) is 12.4 Å². The van der Waals surface area contributed by atoms with Crippen LogP contribution in [-0.4, -0.2) is 33.4 Å². The van der Waals surface area contributed by atoms with Gasteiger partial charge in [0.15, 0.2) is 0 Å². The molecule has 3 fully saturated rings. The second-order valence-corrected chi connectivity index (χ2v) is 5.19. The van der Waals surface area contributed by atoms with Crippen molar-refractivity contribution in [2.24, 2.45) is 5.92 Å². The van der Waals surface area contributed by atoms with Gasteiger partial charge in [-0.1, -0.05) is 0 Å². The molecule has 0 saturated heterocycles. The molecule has 3 aliphatic rings. The summed E-state index contributed by atoms with van der Waals surface area (Å²) in [7, 11) is 1.75. The Morgan fingerprint density at radius 2 is 2.06 bits per heavy atom. The fourth-order valence-corrected chi connectivity index (χ4v) is 2.79. The molecular formula is C12H13F2N3O. The van der Waals surface area contributed by atoms with E-state index in [-0.39, 0.29) is 17.1 Å². The van der Waals surface area contributed by atoms with E-state index in [1.165, 1.54) is 0 Å². The Labute approximate surface area is 103 Å². The van der Waals surface area contributed by atoms with Crippen LogP contribution in [0.25, 0.3) is 0 Å². The van der Waals surface area contributed by atoms with E-state index < -0.39 is 12.1 Å². The molecule has 0 aromatic carbocycles. The number of aromatic nitrogens is 2. The van der Waals surface area contributed by atoms with E-state index >= 15 is 0 Å². The van der Waals surface area contributed by atoms with Crippen molar-refractivity contribution < 1.29 is 13.6 Å². The van der Waals surface area contributed by atoms with Crippen LogP contribution in [0.3, 0.4) is 0 Å². The lowest BCUT2D eigenvalue weighted by molar-refractivity contribution is -0.114. The molecule has 3 saturated carbocycles. The average Bonchev–Trinajstić information content (AvgIpc) is 2.24. The van der Waals surface area contributed by atoms with Gasteiger partial charge in [0.1, 0.15) is 11.4 Å². The Kier molecular flexibility index (Phi) is 2.36. The molecule has 6 heteroatoms. The molecule has 0 spiro atoms.